The topological polar surface area (TPSA) is 29.5 Å². The molecule has 2 aromatic carbocycles. The normalized spacial score (nSPS) is 12.3. The van der Waals surface area contributed by atoms with Crippen LogP contribution in [0.5, 0.6) is 11.5 Å². The number of hydrogen-bond acceptors (Lipinski definition) is 2. The first-order valence-electron chi connectivity index (χ1n) is 5.58. The molecule has 0 aromatic heterocycles. The molecule has 0 heterocycles. The monoisotopic (exact) mass is 316 g/mol. The summed E-state index contributed by atoms with van der Waals surface area (Å²) < 4.78 is 5.63. The Morgan fingerprint density at radius 2 is 1.74 bits per heavy atom. The molecule has 0 bridgehead atoms. The number of benzene rings is 2. The molecule has 1 N–H and O–H groups in total. The van der Waals surface area contributed by atoms with Crippen LogP contribution in [-0.4, -0.2) is 5.11 Å². The predicted molar refractivity (Wildman–Crippen MR) is 78.6 cm³/mol. The van der Waals surface area contributed by atoms with Crippen LogP contribution in [0, 0.1) is 0 Å². The molecule has 2 aromatic rings. The van der Waals surface area contributed by atoms with Crippen molar-refractivity contribution in [1.82, 2.24) is 0 Å². The first-order chi connectivity index (χ1) is 8.99. The summed E-state index contributed by atoms with van der Waals surface area (Å²) >= 11 is 18.0. The molecule has 0 aliphatic rings. The molecule has 0 aliphatic carbocycles. The largest absolute Gasteiger partial charge is 0.454 e. The lowest BCUT2D eigenvalue weighted by Gasteiger charge is -2.12. The Morgan fingerprint density at radius 1 is 1.00 bits per heavy atom. The molecular weight excluding hydrogens is 307 g/mol. The summed E-state index contributed by atoms with van der Waals surface area (Å²) in [5, 5.41) is 10.6. The summed E-state index contributed by atoms with van der Waals surface area (Å²) in [6.07, 6.45) is -0.582. The molecule has 0 radical (unpaired) electrons. The van der Waals surface area contributed by atoms with Gasteiger partial charge in [0.2, 0.25) is 0 Å². The van der Waals surface area contributed by atoms with Crippen molar-refractivity contribution in [2.75, 3.05) is 0 Å². The highest BCUT2D eigenvalue weighted by Gasteiger charge is 2.10. The molecule has 0 unspecified atom stereocenters. The number of ether oxygens (including phenoxy) is 1. The number of rotatable bonds is 3. The molecular formula is C14H11Cl3O2. The summed E-state index contributed by atoms with van der Waals surface area (Å²) in [6.45, 7) is 1.67. The van der Waals surface area contributed by atoms with Crippen LogP contribution in [0.1, 0.15) is 18.6 Å². The maximum atomic E-state index is 9.47. The molecule has 0 saturated heterocycles. The highest BCUT2D eigenvalue weighted by atomic mass is 35.5. The highest BCUT2D eigenvalue weighted by Crippen LogP contribution is 2.37. The van der Waals surface area contributed by atoms with E-state index in [4.69, 9.17) is 39.5 Å². The van der Waals surface area contributed by atoms with Crippen LogP contribution in [0.2, 0.25) is 15.1 Å². The van der Waals surface area contributed by atoms with E-state index in [0.717, 1.165) is 5.56 Å². The van der Waals surface area contributed by atoms with Crippen LogP contribution in [-0.2, 0) is 0 Å². The van der Waals surface area contributed by atoms with E-state index in [1.165, 1.54) is 0 Å². The maximum absolute atomic E-state index is 9.47. The molecule has 0 fully saturated rings. The average molecular weight is 318 g/mol. The van der Waals surface area contributed by atoms with Crippen molar-refractivity contribution in [2.24, 2.45) is 0 Å². The third kappa shape index (κ3) is 3.34. The third-order valence-electron chi connectivity index (χ3n) is 2.57. The van der Waals surface area contributed by atoms with Gasteiger partial charge in [0.1, 0.15) is 16.5 Å². The van der Waals surface area contributed by atoms with Gasteiger partial charge >= 0.3 is 0 Å². The van der Waals surface area contributed by atoms with Gasteiger partial charge in [-0.15, -0.1) is 0 Å². The zero-order chi connectivity index (χ0) is 14.0. The molecule has 1 atom stereocenters. The first-order valence-corrected chi connectivity index (χ1v) is 6.72. The van der Waals surface area contributed by atoms with Crippen molar-refractivity contribution in [3.63, 3.8) is 0 Å². The van der Waals surface area contributed by atoms with Gasteiger partial charge in [-0.05, 0) is 36.8 Å². The second kappa shape index (κ2) is 6.02. The van der Waals surface area contributed by atoms with E-state index in [1.54, 1.807) is 43.3 Å². The van der Waals surface area contributed by atoms with Crippen LogP contribution in [0.25, 0.3) is 0 Å². The number of halogens is 3. The number of hydrogen-bond donors (Lipinski definition) is 1. The fraction of sp³-hybridized carbons (Fsp3) is 0.143. The van der Waals surface area contributed by atoms with E-state index in [2.05, 4.69) is 0 Å². The lowest BCUT2D eigenvalue weighted by molar-refractivity contribution is 0.199. The molecule has 0 saturated carbocycles. The van der Waals surface area contributed by atoms with E-state index in [-0.39, 0.29) is 0 Å². The number of aliphatic hydroxyl groups is 1. The summed E-state index contributed by atoms with van der Waals surface area (Å²) in [5.41, 5.74) is 0.717. The van der Waals surface area contributed by atoms with Crippen molar-refractivity contribution in [3.05, 3.63) is 57.0 Å². The quantitative estimate of drug-likeness (QED) is 0.810. The van der Waals surface area contributed by atoms with Gasteiger partial charge in [-0.1, -0.05) is 46.9 Å². The third-order valence-corrected chi connectivity index (χ3v) is 3.67. The van der Waals surface area contributed by atoms with Gasteiger partial charge in [0.05, 0.1) is 16.1 Å². The molecule has 0 aliphatic heterocycles. The van der Waals surface area contributed by atoms with E-state index in [9.17, 15) is 5.11 Å². The van der Waals surface area contributed by atoms with Gasteiger partial charge < -0.3 is 9.84 Å². The molecule has 2 nitrogen and oxygen atoms in total. The minimum atomic E-state index is -0.582. The van der Waals surface area contributed by atoms with Crippen LogP contribution < -0.4 is 4.74 Å². The minimum absolute atomic E-state index is 0.333. The van der Waals surface area contributed by atoms with E-state index in [1.807, 2.05) is 0 Å². The lowest BCUT2D eigenvalue weighted by Crippen LogP contribution is -1.92. The summed E-state index contributed by atoms with van der Waals surface area (Å²) in [5.74, 6) is 0.885. The molecule has 5 heteroatoms. The van der Waals surface area contributed by atoms with Crippen LogP contribution in [0.15, 0.2) is 36.4 Å². The van der Waals surface area contributed by atoms with Gasteiger partial charge in [-0.25, -0.2) is 0 Å². The highest BCUT2D eigenvalue weighted by molar-refractivity contribution is 6.43. The Morgan fingerprint density at radius 3 is 2.37 bits per heavy atom. The molecule has 0 amide bonds. The smallest absolute Gasteiger partial charge is 0.147 e. The maximum Gasteiger partial charge on any atom is 0.147 e. The zero-order valence-corrected chi connectivity index (χ0v) is 12.3. The van der Waals surface area contributed by atoms with E-state index >= 15 is 0 Å². The minimum Gasteiger partial charge on any atom is -0.454 e. The van der Waals surface area contributed by atoms with E-state index < -0.39 is 6.10 Å². The van der Waals surface area contributed by atoms with Crippen molar-refractivity contribution >= 4 is 34.8 Å². The molecule has 2 rings (SSSR count). The summed E-state index contributed by atoms with van der Waals surface area (Å²) in [4.78, 5) is 0. The summed E-state index contributed by atoms with van der Waals surface area (Å²) in [6, 6.07) is 10.2. The average Bonchev–Trinajstić information content (AvgIpc) is 2.37. The van der Waals surface area contributed by atoms with E-state index in [0.29, 0.717) is 26.6 Å². The van der Waals surface area contributed by atoms with Gasteiger partial charge in [0.25, 0.3) is 0 Å². The van der Waals surface area contributed by atoms with Crippen LogP contribution in [0.4, 0.5) is 0 Å². The Labute approximate surface area is 126 Å². The molecule has 19 heavy (non-hydrogen) atoms. The van der Waals surface area contributed by atoms with Crippen LogP contribution in [0.3, 0.4) is 0 Å². The predicted octanol–water partition coefficient (Wildman–Crippen LogP) is 5.49. The zero-order valence-electron chi connectivity index (χ0n) is 10.0. The Kier molecular flexibility index (Phi) is 4.58. The summed E-state index contributed by atoms with van der Waals surface area (Å²) in [7, 11) is 0. The second-order valence-electron chi connectivity index (χ2n) is 4.02. The van der Waals surface area contributed by atoms with Gasteiger partial charge in [-0.3, -0.25) is 0 Å². The SMILES string of the molecule is C[C@H](O)c1ccc(Oc2cccc(Cl)c2Cl)c(Cl)c1. The van der Waals surface area contributed by atoms with Gasteiger partial charge in [-0.2, -0.15) is 0 Å². The molecule has 100 valence electrons. The molecule has 0 spiro atoms. The van der Waals surface area contributed by atoms with Crippen molar-refractivity contribution in [2.45, 2.75) is 13.0 Å². The second-order valence-corrected chi connectivity index (χ2v) is 5.21. The Balaban J connectivity index is 2.31. The van der Waals surface area contributed by atoms with Crippen molar-refractivity contribution < 1.29 is 9.84 Å². The van der Waals surface area contributed by atoms with Gasteiger partial charge in [0.15, 0.2) is 0 Å². The van der Waals surface area contributed by atoms with Crippen molar-refractivity contribution in [1.29, 1.82) is 0 Å². The van der Waals surface area contributed by atoms with Crippen molar-refractivity contribution in [3.8, 4) is 11.5 Å². The fourth-order valence-electron chi connectivity index (χ4n) is 1.54. The first kappa shape index (κ1) is 14.5. The fourth-order valence-corrected chi connectivity index (χ4v) is 2.10. The Bertz CT molecular complexity index is 597. The van der Waals surface area contributed by atoms with Crippen LogP contribution >= 0.6 is 34.8 Å². The lowest BCUT2D eigenvalue weighted by atomic mass is 10.1. The Hall–Kier alpha value is -0.930. The van der Waals surface area contributed by atoms with Gasteiger partial charge in [0, 0.05) is 0 Å². The number of aliphatic hydroxyl groups excluding tert-OH is 1. The standard InChI is InChI=1S/C14H11Cl3O2/c1-8(18)9-5-6-12(11(16)7-9)19-13-4-2-3-10(15)14(13)17/h2-8,18H,1H3/t8-/m0/s1.